The third-order valence-electron chi connectivity index (χ3n) is 3.36. The summed E-state index contributed by atoms with van der Waals surface area (Å²) in [5.41, 5.74) is 1.05. The van der Waals surface area contributed by atoms with Gasteiger partial charge in [0.25, 0.3) is 0 Å². The zero-order chi connectivity index (χ0) is 16.9. The van der Waals surface area contributed by atoms with Gasteiger partial charge in [-0.05, 0) is 24.3 Å². The highest BCUT2D eigenvalue weighted by Gasteiger charge is 2.16. The number of methoxy groups -OCH3 is 1. The van der Waals surface area contributed by atoms with Gasteiger partial charge in [-0.1, -0.05) is 12.1 Å². The van der Waals surface area contributed by atoms with E-state index in [1.54, 1.807) is 42.5 Å². The highest BCUT2D eigenvalue weighted by atomic mass is 16.7. The summed E-state index contributed by atoms with van der Waals surface area (Å²) in [6.45, 7) is 0.161. The maximum atomic E-state index is 12.0. The van der Waals surface area contributed by atoms with Crippen LogP contribution in [0.4, 0.5) is 11.4 Å². The molecule has 2 N–H and O–H groups in total. The summed E-state index contributed by atoms with van der Waals surface area (Å²) < 4.78 is 15.6. The van der Waals surface area contributed by atoms with Gasteiger partial charge in [-0.25, -0.2) is 0 Å². The predicted octanol–water partition coefficient (Wildman–Crippen LogP) is 2.39. The van der Waals surface area contributed by atoms with Gasteiger partial charge in [-0.15, -0.1) is 0 Å². The molecule has 2 aromatic carbocycles. The molecule has 0 bridgehead atoms. The third kappa shape index (κ3) is 3.57. The first-order valence-electron chi connectivity index (χ1n) is 7.28. The average Bonchev–Trinajstić information content (AvgIpc) is 3.02. The lowest BCUT2D eigenvalue weighted by Crippen LogP contribution is -2.21. The van der Waals surface area contributed by atoms with Crippen LogP contribution in [0.2, 0.25) is 0 Å². The number of hydrogen-bond donors (Lipinski definition) is 2. The molecule has 7 nitrogen and oxygen atoms in total. The summed E-state index contributed by atoms with van der Waals surface area (Å²) in [5, 5.41) is 5.30. The number of anilines is 2. The molecule has 0 aromatic heterocycles. The van der Waals surface area contributed by atoms with Crippen molar-refractivity contribution in [2.75, 3.05) is 24.5 Å². The Morgan fingerprint density at radius 1 is 1.04 bits per heavy atom. The zero-order valence-corrected chi connectivity index (χ0v) is 13.0. The smallest absolute Gasteiger partial charge is 0.233 e. The number of rotatable bonds is 5. The standard InChI is InChI=1S/C17H16N2O5/c1-22-13-5-3-2-4-12(13)19-17(21)9-16(20)18-11-6-7-14-15(8-11)24-10-23-14/h2-8H,9-10H2,1H3,(H,18,20)(H,19,21). The first-order valence-corrected chi connectivity index (χ1v) is 7.28. The number of hydrogen-bond acceptors (Lipinski definition) is 5. The molecule has 0 unspecified atom stereocenters. The van der Waals surface area contributed by atoms with Crippen LogP contribution in [0.15, 0.2) is 42.5 Å². The summed E-state index contributed by atoms with van der Waals surface area (Å²) >= 11 is 0. The highest BCUT2D eigenvalue weighted by molar-refractivity contribution is 6.08. The van der Waals surface area contributed by atoms with Crippen LogP contribution in [0.3, 0.4) is 0 Å². The highest BCUT2D eigenvalue weighted by Crippen LogP contribution is 2.34. The second-order valence-electron chi connectivity index (χ2n) is 5.04. The van der Waals surface area contributed by atoms with E-state index in [9.17, 15) is 9.59 Å². The van der Waals surface area contributed by atoms with Crippen LogP contribution >= 0.6 is 0 Å². The fourth-order valence-corrected chi connectivity index (χ4v) is 2.27. The Morgan fingerprint density at radius 2 is 1.79 bits per heavy atom. The van der Waals surface area contributed by atoms with Gasteiger partial charge >= 0.3 is 0 Å². The molecule has 0 saturated carbocycles. The SMILES string of the molecule is COc1ccccc1NC(=O)CC(=O)Nc1ccc2c(c1)OCO2. The van der Waals surface area contributed by atoms with E-state index in [1.165, 1.54) is 7.11 Å². The van der Waals surface area contributed by atoms with Crippen molar-refractivity contribution in [1.82, 2.24) is 0 Å². The summed E-state index contributed by atoms with van der Waals surface area (Å²) in [4.78, 5) is 24.0. The molecule has 0 aliphatic carbocycles. The van der Waals surface area contributed by atoms with Gasteiger partial charge < -0.3 is 24.8 Å². The van der Waals surface area contributed by atoms with E-state index >= 15 is 0 Å². The van der Waals surface area contributed by atoms with Crippen molar-refractivity contribution in [1.29, 1.82) is 0 Å². The maximum absolute atomic E-state index is 12.0. The Balaban J connectivity index is 1.57. The number of carbonyl (C=O) groups excluding carboxylic acids is 2. The molecular weight excluding hydrogens is 312 g/mol. The molecule has 124 valence electrons. The molecule has 0 fully saturated rings. The molecule has 3 rings (SSSR count). The van der Waals surface area contributed by atoms with Crippen LogP contribution in [0, 0.1) is 0 Å². The number of amides is 2. The minimum atomic E-state index is -0.433. The van der Waals surface area contributed by atoms with Gasteiger partial charge in [0.1, 0.15) is 12.2 Å². The number of benzene rings is 2. The van der Waals surface area contributed by atoms with E-state index in [-0.39, 0.29) is 13.2 Å². The Kier molecular flexibility index (Phi) is 4.51. The predicted molar refractivity (Wildman–Crippen MR) is 87.4 cm³/mol. The molecule has 1 aliphatic heterocycles. The molecule has 0 radical (unpaired) electrons. The molecular formula is C17H16N2O5. The fourth-order valence-electron chi connectivity index (χ4n) is 2.27. The van der Waals surface area contributed by atoms with Crippen molar-refractivity contribution < 1.29 is 23.8 Å². The Hall–Kier alpha value is -3.22. The largest absolute Gasteiger partial charge is 0.495 e. The summed E-state index contributed by atoms with van der Waals surface area (Å²) in [6.07, 6.45) is -0.313. The van der Waals surface area contributed by atoms with E-state index in [1.807, 2.05) is 0 Å². The minimum absolute atomic E-state index is 0.161. The fraction of sp³-hybridized carbons (Fsp3) is 0.176. The van der Waals surface area contributed by atoms with E-state index in [0.717, 1.165) is 0 Å². The van der Waals surface area contributed by atoms with Crippen molar-refractivity contribution >= 4 is 23.2 Å². The lowest BCUT2D eigenvalue weighted by Gasteiger charge is -2.10. The van der Waals surface area contributed by atoms with E-state index < -0.39 is 11.8 Å². The topological polar surface area (TPSA) is 85.9 Å². The van der Waals surface area contributed by atoms with Crippen molar-refractivity contribution in [2.45, 2.75) is 6.42 Å². The van der Waals surface area contributed by atoms with Crippen LogP contribution in [0.5, 0.6) is 17.2 Å². The van der Waals surface area contributed by atoms with Crippen LogP contribution in [0.1, 0.15) is 6.42 Å². The molecule has 0 saturated heterocycles. The van der Waals surface area contributed by atoms with Crippen LogP contribution in [-0.4, -0.2) is 25.7 Å². The molecule has 2 aromatic rings. The van der Waals surface area contributed by atoms with Gasteiger partial charge in [0.05, 0.1) is 12.8 Å². The minimum Gasteiger partial charge on any atom is -0.495 e. The van der Waals surface area contributed by atoms with Gasteiger partial charge in [0, 0.05) is 11.8 Å². The summed E-state index contributed by atoms with van der Waals surface area (Å²) in [5.74, 6) is 0.856. The second kappa shape index (κ2) is 6.91. The molecule has 24 heavy (non-hydrogen) atoms. The van der Waals surface area contributed by atoms with Gasteiger partial charge in [-0.3, -0.25) is 9.59 Å². The van der Waals surface area contributed by atoms with E-state index in [0.29, 0.717) is 28.6 Å². The molecule has 0 atom stereocenters. The lowest BCUT2D eigenvalue weighted by molar-refractivity contribution is -0.123. The number of nitrogens with one attached hydrogen (secondary N) is 2. The molecule has 2 amide bonds. The maximum Gasteiger partial charge on any atom is 0.233 e. The number of para-hydroxylation sites is 2. The second-order valence-corrected chi connectivity index (χ2v) is 5.04. The van der Waals surface area contributed by atoms with Crippen LogP contribution in [-0.2, 0) is 9.59 Å². The summed E-state index contributed by atoms with van der Waals surface area (Å²) in [6, 6.07) is 12.0. The molecule has 0 spiro atoms. The molecule has 7 heteroatoms. The normalized spacial score (nSPS) is 11.7. The average molecular weight is 328 g/mol. The number of ether oxygens (including phenoxy) is 3. The van der Waals surface area contributed by atoms with Gasteiger partial charge in [-0.2, -0.15) is 0 Å². The Bertz CT molecular complexity index is 775. The van der Waals surface area contributed by atoms with E-state index in [2.05, 4.69) is 10.6 Å². The van der Waals surface area contributed by atoms with Crippen molar-refractivity contribution in [3.63, 3.8) is 0 Å². The quantitative estimate of drug-likeness (QED) is 0.823. The van der Waals surface area contributed by atoms with Crippen molar-refractivity contribution in [2.24, 2.45) is 0 Å². The number of carbonyl (C=O) groups is 2. The van der Waals surface area contributed by atoms with E-state index in [4.69, 9.17) is 14.2 Å². The van der Waals surface area contributed by atoms with Crippen LogP contribution < -0.4 is 24.8 Å². The summed E-state index contributed by atoms with van der Waals surface area (Å²) in [7, 11) is 1.51. The first-order chi connectivity index (χ1) is 11.7. The monoisotopic (exact) mass is 328 g/mol. The molecule has 1 aliphatic rings. The Labute approximate surface area is 138 Å². The molecule has 1 heterocycles. The zero-order valence-electron chi connectivity index (χ0n) is 13.0. The van der Waals surface area contributed by atoms with Crippen LogP contribution in [0.25, 0.3) is 0 Å². The Morgan fingerprint density at radius 3 is 2.62 bits per heavy atom. The van der Waals surface area contributed by atoms with Crippen molar-refractivity contribution in [3.05, 3.63) is 42.5 Å². The number of fused-ring (bicyclic) bond motifs is 1. The first kappa shape index (κ1) is 15.7. The third-order valence-corrected chi connectivity index (χ3v) is 3.36. The van der Waals surface area contributed by atoms with Crippen molar-refractivity contribution in [3.8, 4) is 17.2 Å². The van der Waals surface area contributed by atoms with Gasteiger partial charge in [0.15, 0.2) is 11.5 Å². The van der Waals surface area contributed by atoms with Gasteiger partial charge in [0.2, 0.25) is 18.6 Å². The lowest BCUT2D eigenvalue weighted by atomic mass is 10.2.